The number of nitrogens with one attached hydrogen (secondary N) is 2. The van der Waals surface area contributed by atoms with Crippen LogP contribution in [0.3, 0.4) is 0 Å². The lowest BCUT2D eigenvalue weighted by molar-refractivity contribution is -0.385. The number of hydrogen-bond donors (Lipinski definition) is 2. The van der Waals surface area contributed by atoms with Crippen molar-refractivity contribution in [2.45, 2.75) is 12.8 Å². The number of aliphatic imine (C=N–C) groups is 2. The number of fused-ring (bicyclic) bond motifs is 2. The van der Waals surface area contributed by atoms with E-state index >= 15 is 0 Å². The average molecular weight is 613 g/mol. The topological polar surface area (TPSA) is 149 Å². The van der Waals surface area contributed by atoms with Crippen LogP contribution < -0.4 is 4.90 Å². The minimum absolute atomic E-state index is 0.0212. The van der Waals surface area contributed by atoms with E-state index in [0.29, 0.717) is 49.2 Å². The number of nitro groups is 2. The fraction of sp³-hybridized carbons (Fsp3) is 0.118. The smallest absolute Gasteiger partial charge is 0.269 e. The van der Waals surface area contributed by atoms with Crippen LogP contribution in [0, 0.1) is 20.2 Å². The molecule has 228 valence electrons. The summed E-state index contributed by atoms with van der Waals surface area (Å²) in [5.74, 6) is 1.22. The Hall–Kier alpha value is -6.30. The number of guanidine groups is 2. The third-order valence-electron chi connectivity index (χ3n) is 8.08. The Morgan fingerprint density at radius 1 is 0.652 bits per heavy atom. The van der Waals surface area contributed by atoms with Crippen molar-refractivity contribution in [2.75, 3.05) is 18.0 Å². The molecule has 0 bridgehead atoms. The molecule has 3 heterocycles. The van der Waals surface area contributed by atoms with Gasteiger partial charge in [-0.3, -0.25) is 30.1 Å². The maximum absolute atomic E-state index is 11.4. The van der Waals surface area contributed by atoms with Gasteiger partial charge in [-0.2, -0.15) is 0 Å². The number of hydrogen-bond acceptors (Lipinski definition) is 6. The van der Waals surface area contributed by atoms with Gasteiger partial charge in [-0.1, -0.05) is 36.4 Å². The zero-order valence-electron chi connectivity index (χ0n) is 24.5. The van der Waals surface area contributed by atoms with Gasteiger partial charge in [-0.05, 0) is 60.4 Å². The zero-order valence-corrected chi connectivity index (χ0v) is 24.5. The van der Waals surface area contributed by atoms with Crippen LogP contribution in [0.4, 0.5) is 22.7 Å². The van der Waals surface area contributed by atoms with E-state index in [1.807, 2.05) is 58.6 Å². The second kappa shape index (κ2) is 12.0. The highest BCUT2D eigenvalue weighted by molar-refractivity contribution is 6.32. The van der Waals surface area contributed by atoms with Gasteiger partial charge >= 0.3 is 0 Å². The average Bonchev–Trinajstić information content (AvgIpc) is 3.68. The molecule has 0 amide bonds. The number of anilines is 1. The standard InChI is InChI=1S/C34H28N8O4/c43-41(44)27-11-9-25(10-12-27)38-34-39(20-18-24-22-37-32-8-4-2-6-30(24)32)33(40(34)26-13-15-28(16-14-26)42(45)46)35-19-17-23-21-36-31-7-3-1-5-29(23)31/h1-16,21-22,36-37H,17-20H2. The van der Waals surface area contributed by atoms with Gasteiger partial charge in [0.1, 0.15) is 0 Å². The molecule has 0 unspecified atom stereocenters. The second-order valence-corrected chi connectivity index (χ2v) is 10.8. The molecule has 1 aliphatic heterocycles. The molecule has 46 heavy (non-hydrogen) atoms. The predicted octanol–water partition coefficient (Wildman–Crippen LogP) is 7.12. The minimum atomic E-state index is -0.449. The first-order valence-electron chi connectivity index (χ1n) is 14.8. The number of benzene rings is 4. The second-order valence-electron chi connectivity index (χ2n) is 10.8. The van der Waals surface area contributed by atoms with Crippen LogP contribution in [0.2, 0.25) is 0 Å². The fourth-order valence-electron chi connectivity index (χ4n) is 5.75. The van der Waals surface area contributed by atoms with E-state index in [4.69, 9.17) is 9.98 Å². The summed E-state index contributed by atoms with van der Waals surface area (Å²) in [7, 11) is 0. The summed E-state index contributed by atoms with van der Waals surface area (Å²) in [4.78, 5) is 42.2. The molecule has 7 rings (SSSR count). The molecule has 2 aromatic heterocycles. The van der Waals surface area contributed by atoms with E-state index in [-0.39, 0.29) is 11.4 Å². The first-order valence-corrected chi connectivity index (χ1v) is 14.8. The van der Waals surface area contributed by atoms with Crippen molar-refractivity contribution >= 4 is 56.5 Å². The number of nitrogens with zero attached hydrogens (tertiary/aromatic N) is 6. The zero-order chi connectivity index (χ0) is 31.6. The van der Waals surface area contributed by atoms with Gasteiger partial charge in [-0.15, -0.1) is 0 Å². The van der Waals surface area contributed by atoms with E-state index in [1.165, 1.54) is 24.3 Å². The number of nitro benzene ring substituents is 2. The summed E-state index contributed by atoms with van der Waals surface area (Å²) in [6.07, 6.45) is 5.42. The summed E-state index contributed by atoms with van der Waals surface area (Å²) in [6.45, 7) is 1.05. The molecule has 0 spiro atoms. The van der Waals surface area contributed by atoms with Crippen LogP contribution in [0.5, 0.6) is 0 Å². The molecule has 1 fully saturated rings. The van der Waals surface area contributed by atoms with Crippen molar-refractivity contribution < 1.29 is 9.85 Å². The lowest BCUT2D eigenvalue weighted by atomic mass is 10.1. The van der Waals surface area contributed by atoms with Crippen molar-refractivity contribution in [3.63, 3.8) is 0 Å². The maximum Gasteiger partial charge on any atom is 0.269 e. The Bertz CT molecular complexity index is 2130. The number of non-ortho nitro benzene ring substituents is 2. The largest absolute Gasteiger partial charge is 0.361 e. The van der Waals surface area contributed by atoms with Gasteiger partial charge in [0.25, 0.3) is 11.4 Å². The fourth-order valence-corrected chi connectivity index (χ4v) is 5.75. The summed E-state index contributed by atoms with van der Waals surface area (Å²) in [6, 6.07) is 28.6. The number of rotatable bonds is 10. The van der Waals surface area contributed by atoms with E-state index in [1.54, 1.807) is 24.3 Å². The van der Waals surface area contributed by atoms with Crippen molar-refractivity contribution in [1.82, 2.24) is 14.9 Å². The van der Waals surface area contributed by atoms with Crippen LogP contribution in [-0.4, -0.2) is 49.7 Å². The first kappa shape index (κ1) is 28.5. The third-order valence-corrected chi connectivity index (χ3v) is 8.08. The Morgan fingerprint density at radius 2 is 1.20 bits per heavy atom. The Morgan fingerprint density at radius 3 is 1.78 bits per heavy atom. The Kier molecular flexibility index (Phi) is 7.43. The quantitative estimate of drug-likeness (QED) is 0.124. The number of para-hydroxylation sites is 2. The lowest BCUT2D eigenvalue weighted by Crippen LogP contribution is -2.66. The normalized spacial score (nSPS) is 14.8. The highest BCUT2D eigenvalue weighted by Gasteiger charge is 2.40. The van der Waals surface area contributed by atoms with E-state index in [9.17, 15) is 20.2 Å². The molecular formula is C34H28N8O4. The van der Waals surface area contributed by atoms with Crippen molar-refractivity contribution in [2.24, 2.45) is 9.98 Å². The number of aromatic amines is 2. The number of H-pyrrole nitrogens is 2. The Labute approximate surface area is 262 Å². The van der Waals surface area contributed by atoms with Gasteiger partial charge < -0.3 is 9.97 Å². The molecule has 0 saturated carbocycles. The van der Waals surface area contributed by atoms with Crippen LogP contribution in [0.25, 0.3) is 21.8 Å². The molecule has 0 aliphatic carbocycles. The van der Waals surface area contributed by atoms with Gasteiger partial charge in [-0.25, -0.2) is 9.89 Å². The van der Waals surface area contributed by atoms with Gasteiger partial charge in [0, 0.05) is 71.6 Å². The summed E-state index contributed by atoms with van der Waals surface area (Å²) in [5, 5.41) is 24.9. The van der Waals surface area contributed by atoms with Crippen molar-refractivity contribution in [1.29, 1.82) is 0 Å². The molecule has 1 saturated heterocycles. The first-order chi connectivity index (χ1) is 22.5. The highest BCUT2D eigenvalue weighted by Crippen LogP contribution is 2.31. The van der Waals surface area contributed by atoms with Gasteiger partial charge in [0.2, 0.25) is 11.9 Å². The molecule has 2 N–H and O–H groups in total. The SMILES string of the molecule is O=[N+]([O-])c1ccc(N=C2N(CCc3c[nH]c4ccccc34)C(=NCCc3c[nH]c4ccccc34)N2c2ccc([N+](=O)[O-])cc2)cc1. The van der Waals surface area contributed by atoms with E-state index < -0.39 is 9.85 Å². The monoisotopic (exact) mass is 612 g/mol. The number of aromatic nitrogens is 2. The molecule has 12 nitrogen and oxygen atoms in total. The third kappa shape index (κ3) is 5.43. The van der Waals surface area contributed by atoms with Crippen LogP contribution in [0.1, 0.15) is 11.1 Å². The molecule has 12 heteroatoms. The summed E-state index contributed by atoms with van der Waals surface area (Å²) >= 11 is 0. The molecule has 1 aliphatic rings. The maximum atomic E-state index is 11.4. The van der Waals surface area contributed by atoms with Gasteiger partial charge in [0.15, 0.2) is 0 Å². The van der Waals surface area contributed by atoms with Gasteiger partial charge in [0.05, 0.1) is 21.2 Å². The molecule has 6 aromatic rings. The molecule has 0 atom stereocenters. The van der Waals surface area contributed by atoms with Crippen molar-refractivity contribution in [3.05, 3.63) is 141 Å². The highest BCUT2D eigenvalue weighted by atomic mass is 16.6. The Balaban J connectivity index is 1.25. The minimum Gasteiger partial charge on any atom is -0.361 e. The summed E-state index contributed by atoms with van der Waals surface area (Å²) in [5.41, 5.74) is 5.58. The lowest BCUT2D eigenvalue weighted by Gasteiger charge is -2.46. The molecule has 4 aromatic carbocycles. The van der Waals surface area contributed by atoms with E-state index in [0.717, 1.165) is 32.9 Å². The van der Waals surface area contributed by atoms with Crippen molar-refractivity contribution in [3.8, 4) is 0 Å². The summed E-state index contributed by atoms with van der Waals surface area (Å²) < 4.78 is 0. The van der Waals surface area contributed by atoms with Crippen LogP contribution in [0.15, 0.2) is 119 Å². The predicted molar refractivity (Wildman–Crippen MR) is 179 cm³/mol. The molecule has 0 radical (unpaired) electrons. The van der Waals surface area contributed by atoms with E-state index in [2.05, 4.69) is 22.1 Å². The van der Waals surface area contributed by atoms with Crippen LogP contribution >= 0.6 is 0 Å². The molecular weight excluding hydrogens is 584 g/mol. The van der Waals surface area contributed by atoms with Crippen LogP contribution in [-0.2, 0) is 12.8 Å².